The molecule has 102 valence electrons. The minimum atomic E-state index is -1.24. The van der Waals surface area contributed by atoms with Crippen LogP contribution < -0.4 is 5.73 Å². The van der Waals surface area contributed by atoms with Crippen molar-refractivity contribution in [2.75, 3.05) is 5.73 Å². The average molecular weight is 282 g/mol. The number of carboxylic acids is 1. The molecule has 0 fully saturated rings. The lowest BCUT2D eigenvalue weighted by molar-refractivity contribution is 0.0692. The van der Waals surface area contributed by atoms with Crippen LogP contribution in [0.15, 0.2) is 29.6 Å². The summed E-state index contributed by atoms with van der Waals surface area (Å²) in [6.45, 7) is 2.13. The van der Waals surface area contributed by atoms with E-state index in [4.69, 9.17) is 10.8 Å². The number of nitrogens with zero attached hydrogens (tertiary/aromatic N) is 1. The number of hydrogen-bond acceptors (Lipinski definition) is 4. The van der Waals surface area contributed by atoms with Gasteiger partial charge in [0.1, 0.15) is 5.82 Å². The Morgan fingerprint density at radius 1 is 1.47 bits per heavy atom. The maximum Gasteiger partial charge on any atom is 0.338 e. The van der Waals surface area contributed by atoms with Gasteiger partial charge in [-0.25, -0.2) is 14.2 Å². The van der Waals surface area contributed by atoms with E-state index in [1.165, 1.54) is 29.5 Å². The molecular formula is C13H15FN2O2S. The molecule has 0 amide bonds. The van der Waals surface area contributed by atoms with E-state index < -0.39 is 11.8 Å². The van der Waals surface area contributed by atoms with Crippen LogP contribution in [-0.2, 0) is 6.42 Å². The SMILES string of the molecule is CCCc1csc(N)n1.O=C(O)c1ccccc1F. The first kappa shape index (κ1) is 15.1. The van der Waals surface area contributed by atoms with Crippen LogP contribution in [-0.4, -0.2) is 16.1 Å². The van der Waals surface area contributed by atoms with Crippen LogP contribution in [0.5, 0.6) is 0 Å². The largest absolute Gasteiger partial charge is 0.478 e. The first-order chi connectivity index (χ1) is 9.04. The number of carbonyl (C=O) groups is 1. The topological polar surface area (TPSA) is 76.2 Å². The molecule has 0 aliphatic rings. The monoisotopic (exact) mass is 282 g/mol. The second-order valence-corrected chi connectivity index (χ2v) is 4.60. The summed E-state index contributed by atoms with van der Waals surface area (Å²) in [6, 6.07) is 5.26. The quantitative estimate of drug-likeness (QED) is 0.906. The van der Waals surface area contributed by atoms with Crippen LogP contribution in [0.3, 0.4) is 0 Å². The third kappa shape index (κ3) is 5.05. The van der Waals surface area contributed by atoms with Crippen LogP contribution in [0.4, 0.5) is 9.52 Å². The third-order valence-electron chi connectivity index (χ3n) is 2.18. The molecule has 1 heterocycles. The Morgan fingerprint density at radius 3 is 2.58 bits per heavy atom. The Labute approximate surface area is 114 Å². The van der Waals surface area contributed by atoms with Crippen molar-refractivity contribution in [3.05, 3.63) is 46.7 Å². The van der Waals surface area contributed by atoms with Crippen molar-refractivity contribution in [3.8, 4) is 0 Å². The highest BCUT2D eigenvalue weighted by atomic mass is 32.1. The molecule has 0 atom stereocenters. The van der Waals surface area contributed by atoms with Crippen LogP contribution in [0, 0.1) is 5.82 Å². The molecule has 0 saturated heterocycles. The predicted molar refractivity (Wildman–Crippen MR) is 73.9 cm³/mol. The lowest BCUT2D eigenvalue weighted by Crippen LogP contribution is -1.98. The molecule has 19 heavy (non-hydrogen) atoms. The second kappa shape index (κ2) is 7.48. The molecular weight excluding hydrogens is 267 g/mol. The number of nitrogens with two attached hydrogens (primary N) is 1. The zero-order valence-corrected chi connectivity index (χ0v) is 11.3. The number of hydrogen-bond donors (Lipinski definition) is 2. The molecule has 0 bridgehead atoms. The van der Waals surface area contributed by atoms with E-state index >= 15 is 0 Å². The zero-order chi connectivity index (χ0) is 14.3. The van der Waals surface area contributed by atoms with Gasteiger partial charge in [0.25, 0.3) is 0 Å². The molecule has 0 saturated carbocycles. The first-order valence-corrected chi connectivity index (χ1v) is 6.60. The Morgan fingerprint density at radius 2 is 2.16 bits per heavy atom. The number of thiazole rings is 1. The molecule has 6 heteroatoms. The minimum Gasteiger partial charge on any atom is -0.478 e. The van der Waals surface area contributed by atoms with Crippen molar-refractivity contribution >= 4 is 22.4 Å². The van der Waals surface area contributed by atoms with E-state index in [1.54, 1.807) is 0 Å². The molecule has 2 aromatic rings. The molecule has 0 unspecified atom stereocenters. The van der Waals surface area contributed by atoms with Crippen molar-refractivity contribution < 1.29 is 14.3 Å². The molecule has 2 rings (SSSR count). The summed E-state index contributed by atoms with van der Waals surface area (Å²) in [4.78, 5) is 14.3. The Hall–Kier alpha value is -1.95. The number of aryl methyl sites for hydroxylation is 1. The lowest BCUT2D eigenvalue weighted by atomic mass is 10.2. The van der Waals surface area contributed by atoms with E-state index in [9.17, 15) is 9.18 Å². The summed E-state index contributed by atoms with van der Waals surface area (Å²) in [5.41, 5.74) is 6.25. The number of aromatic carboxylic acids is 1. The summed E-state index contributed by atoms with van der Waals surface area (Å²) in [7, 11) is 0. The highest BCUT2D eigenvalue weighted by Gasteiger charge is 2.06. The smallest absolute Gasteiger partial charge is 0.338 e. The van der Waals surface area contributed by atoms with E-state index in [-0.39, 0.29) is 5.56 Å². The van der Waals surface area contributed by atoms with Gasteiger partial charge in [0.2, 0.25) is 0 Å². The number of benzene rings is 1. The van der Waals surface area contributed by atoms with Crippen molar-refractivity contribution in [2.45, 2.75) is 19.8 Å². The average Bonchev–Trinajstić information content (AvgIpc) is 2.76. The molecule has 0 aliphatic carbocycles. The molecule has 4 nitrogen and oxygen atoms in total. The second-order valence-electron chi connectivity index (χ2n) is 3.71. The number of nitrogen functional groups attached to an aromatic ring is 1. The van der Waals surface area contributed by atoms with Gasteiger partial charge in [-0.15, -0.1) is 11.3 Å². The van der Waals surface area contributed by atoms with E-state index in [2.05, 4.69) is 11.9 Å². The fourth-order valence-corrected chi connectivity index (χ4v) is 1.93. The number of carboxylic acid groups (broad SMARTS) is 1. The van der Waals surface area contributed by atoms with Crippen LogP contribution >= 0.6 is 11.3 Å². The number of halogens is 1. The number of anilines is 1. The van der Waals surface area contributed by atoms with Crippen LogP contribution in [0.25, 0.3) is 0 Å². The zero-order valence-electron chi connectivity index (χ0n) is 10.5. The van der Waals surface area contributed by atoms with Crippen molar-refractivity contribution in [3.63, 3.8) is 0 Å². The minimum absolute atomic E-state index is 0.289. The highest BCUT2D eigenvalue weighted by molar-refractivity contribution is 7.13. The maximum absolute atomic E-state index is 12.5. The summed E-state index contributed by atoms with van der Waals surface area (Å²) in [5.74, 6) is -1.94. The maximum atomic E-state index is 12.5. The van der Waals surface area contributed by atoms with E-state index in [1.807, 2.05) is 5.38 Å². The van der Waals surface area contributed by atoms with Crippen LogP contribution in [0.2, 0.25) is 0 Å². The molecule has 1 aromatic carbocycles. The molecule has 3 N–H and O–H groups in total. The Bertz CT molecular complexity index is 543. The summed E-state index contributed by atoms with van der Waals surface area (Å²) in [6.07, 6.45) is 2.19. The van der Waals surface area contributed by atoms with Gasteiger partial charge in [-0.05, 0) is 18.6 Å². The van der Waals surface area contributed by atoms with Crippen LogP contribution in [0.1, 0.15) is 29.4 Å². The van der Waals surface area contributed by atoms with Gasteiger partial charge in [0.05, 0.1) is 11.3 Å². The molecule has 0 aliphatic heterocycles. The Balaban J connectivity index is 0.000000191. The van der Waals surface area contributed by atoms with Gasteiger partial charge < -0.3 is 10.8 Å². The van der Waals surface area contributed by atoms with E-state index in [0.29, 0.717) is 5.13 Å². The molecule has 0 radical (unpaired) electrons. The van der Waals surface area contributed by atoms with Crippen molar-refractivity contribution in [2.24, 2.45) is 0 Å². The standard InChI is InChI=1S/C7H5FO2.C6H10N2S/c8-6-4-2-1-3-5(6)7(9)10;1-2-3-5-4-9-6(7)8-5/h1-4H,(H,9,10);4H,2-3H2,1H3,(H2,7,8). The number of rotatable bonds is 3. The predicted octanol–water partition coefficient (Wildman–Crippen LogP) is 3.20. The highest BCUT2D eigenvalue weighted by Crippen LogP contribution is 2.11. The lowest BCUT2D eigenvalue weighted by Gasteiger charge is -1.92. The normalized spacial score (nSPS) is 9.58. The molecule has 0 spiro atoms. The summed E-state index contributed by atoms with van der Waals surface area (Å²) < 4.78 is 12.5. The van der Waals surface area contributed by atoms with Gasteiger partial charge in [0, 0.05) is 5.38 Å². The van der Waals surface area contributed by atoms with Gasteiger partial charge in [0.15, 0.2) is 5.13 Å². The van der Waals surface area contributed by atoms with Gasteiger partial charge in [-0.1, -0.05) is 25.5 Å². The summed E-state index contributed by atoms with van der Waals surface area (Å²) >= 11 is 1.51. The van der Waals surface area contributed by atoms with E-state index in [0.717, 1.165) is 24.6 Å². The van der Waals surface area contributed by atoms with Crippen molar-refractivity contribution in [1.82, 2.24) is 4.98 Å². The van der Waals surface area contributed by atoms with Gasteiger partial charge in [-0.2, -0.15) is 0 Å². The third-order valence-corrected chi connectivity index (χ3v) is 2.90. The summed E-state index contributed by atoms with van der Waals surface area (Å²) in [5, 5.41) is 11.0. The van der Waals surface area contributed by atoms with Gasteiger partial charge in [-0.3, -0.25) is 0 Å². The van der Waals surface area contributed by atoms with Crippen molar-refractivity contribution in [1.29, 1.82) is 0 Å². The molecule has 1 aromatic heterocycles. The first-order valence-electron chi connectivity index (χ1n) is 5.72. The number of aromatic nitrogens is 1. The fourth-order valence-electron chi connectivity index (χ4n) is 1.33. The van der Waals surface area contributed by atoms with Gasteiger partial charge >= 0.3 is 5.97 Å². The fraction of sp³-hybridized carbons (Fsp3) is 0.231. The Kier molecular flexibility index (Phi) is 5.95.